The van der Waals surface area contributed by atoms with Crippen LogP contribution in [0.3, 0.4) is 0 Å². The number of amides is 1. The van der Waals surface area contributed by atoms with E-state index < -0.39 is 0 Å². The van der Waals surface area contributed by atoms with Crippen LogP contribution >= 0.6 is 0 Å². The van der Waals surface area contributed by atoms with Crippen molar-refractivity contribution in [2.45, 2.75) is 44.9 Å². The highest BCUT2D eigenvalue weighted by molar-refractivity contribution is 5.80. The topological polar surface area (TPSA) is 100.0 Å². The minimum Gasteiger partial charge on any atom is -0.496 e. The molecule has 1 N–H and O–H groups in total. The Kier molecular flexibility index (Phi) is 7.66. The number of carbonyl (C=O) groups excluding carboxylic acids is 1. The second-order valence-corrected chi connectivity index (χ2v) is 8.26. The Bertz CT molecular complexity index is 932. The van der Waals surface area contributed by atoms with Crippen molar-refractivity contribution >= 4 is 5.91 Å². The molecule has 2 aliphatic heterocycles. The lowest BCUT2D eigenvalue weighted by atomic mass is 10.1. The third-order valence-electron chi connectivity index (χ3n) is 6.26. The normalized spacial score (nSPS) is 18.5. The lowest BCUT2D eigenvalue weighted by Crippen LogP contribution is -2.35. The Morgan fingerprint density at radius 2 is 1.91 bits per heavy atom. The molecule has 10 nitrogen and oxygen atoms in total. The summed E-state index contributed by atoms with van der Waals surface area (Å²) in [6, 6.07) is 3.77. The zero-order valence-electron chi connectivity index (χ0n) is 19.6. The molecule has 2 aromatic rings. The number of methoxy groups -OCH3 is 3. The van der Waals surface area contributed by atoms with Gasteiger partial charge in [-0.05, 0) is 12.8 Å². The van der Waals surface area contributed by atoms with Crippen molar-refractivity contribution in [3.05, 3.63) is 29.3 Å². The Hall–Kier alpha value is -2.85. The molecule has 10 heteroatoms. The van der Waals surface area contributed by atoms with Crippen molar-refractivity contribution in [3.8, 4) is 17.2 Å². The van der Waals surface area contributed by atoms with Gasteiger partial charge in [0.2, 0.25) is 5.91 Å². The number of hydrogen-bond donors (Lipinski definition) is 1. The van der Waals surface area contributed by atoms with Gasteiger partial charge in [-0.25, -0.2) is 0 Å². The number of fused-ring (bicyclic) bond motifs is 1. The summed E-state index contributed by atoms with van der Waals surface area (Å²) in [4.78, 5) is 14.5. The maximum absolute atomic E-state index is 12.2. The van der Waals surface area contributed by atoms with Crippen LogP contribution in [0.15, 0.2) is 12.1 Å². The van der Waals surface area contributed by atoms with Gasteiger partial charge in [-0.3, -0.25) is 9.69 Å². The van der Waals surface area contributed by atoms with Crippen molar-refractivity contribution in [3.63, 3.8) is 0 Å². The van der Waals surface area contributed by atoms with Gasteiger partial charge in [0, 0.05) is 64.3 Å². The van der Waals surface area contributed by atoms with Crippen LogP contribution in [-0.4, -0.2) is 79.2 Å². The molecule has 1 fully saturated rings. The van der Waals surface area contributed by atoms with Crippen molar-refractivity contribution in [2.75, 3.05) is 47.6 Å². The van der Waals surface area contributed by atoms with Crippen molar-refractivity contribution in [1.82, 2.24) is 25.0 Å². The van der Waals surface area contributed by atoms with Crippen molar-refractivity contribution in [2.24, 2.45) is 0 Å². The lowest BCUT2D eigenvalue weighted by molar-refractivity contribution is -0.130. The third-order valence-corrected chi connectivity index (χ3v) is 6.26. The predicted octanol–water partition coefficient (Wildman–Crippen LogP) is 1.20. The zero-order valence-corrected chi connectivity index (χ0v) is 19.6. The zero-order chi connectivity index (χ0) is 23.2. The van der Waals surface area contributed by atoms with Crippen LogP contribution in [0.1, 0.15) is 30.1 Å². The summed E-state index contributed by atoms with van der Waals surface area (Å²) >= 11 is 0. The summed E-state index contributed by atoms with van der Waals surface area (Å²) < 4.78 is 24.2. The Balaban J connectivity index is 1.37. The fourth-order valence-electron chi connectivity index (χ4n) is 4.42. The molecule has 1 amide bonds. The van der Waals surface area contributed by atoms with E-state index in [2.05, 4.69) is 25.0 Å². The number of nitrogens with one attached hydrogen (secondary N) is 1. The number of benzene rings is 1. The summed E-state index contributed by atoms with van der Waals surface area (Å²) in [6.45, 7) is 4.38. The summed E-state index contributed by atoms with van der Waals surface area (Å²) in [7, 11) is 4.94. The average molecular weight is 460 g/mol. The molecule has 1 aromatic carbocycles. The SMILES string of the molecule is COc1cc(OC)c(CN2CCc3nnc(CCNC(=O)C4CCCO4)n3CC2)c(OC)c1. The van der Waals surface area contributed by atoms with Gasteiger partial charge in [0.05, 0.1) is 26.9 Å². The van der Waals surface area contributed by atoms with E-state index in [0.29, 0.717) is 31.9 Å². The molecule has 0 spiro atoms. The molecule has 0 saturated carbocycles. The molecule has 1 aromatic heterocycles. The van der Waals surface area contributed by atoms with Crippen LogP contribution in [0.5, 0.6) is 17.2 Å². The van der Waals surface area contributed by atoms with E-state index in [4.69, 9.17) is 18.9 Å². The van der Waals surface area contributed by atoms with E-state index in [-0.39, 0.29) is 12.0 Å². The third kappa shape index (κ3) is 5.39. The Morgan fingerprint density at radius 1 is 1.12 bits per heavy atom. The van der Waals surface area contributed by atoms with Crippen molar-refractivity contribution < 1.29 is 23.7 Å². The van der Waals surface area contributed by atoms with Crippen LogP contribution in [0, 0.1) is 0 Å². The van der Waals surface area contributed by atoms with E-state index in [0.717, 1.165) is 67.6 Å². The first kappa shape index (κ1) is 23.3. The van der Waals surface area contributed by atoms with Gasteiger partial charge in [-0.15, -0.1) is 10.2 Å². The van der Waals surface area contributed by atoms with Gasteiger partial charge < -0.3 is 28.8 Å². The maximum atomic E-state index is 12.2. The number of ether oxygens (including phenoxy) is 4. The molecule has 180 valence electrons. The molecule has 0 radical (unpaired) electrons. The first-order valence-electron chi connectivity index (χ1n) is 11.4. The molecule has 3 heterocycles. The second kappa shape index (κ2) is 10.8. The fourth-order valence-corrected chi connectivity index (χ4v) is 4.42. The monoisotopic (exact) mass is 459 g/mol. The van der Waals surface area contributed by atoms with E-state index in [1.165, 1.54) is 0 Å². The maximum Gasteiger partial charge on any atom is 0.249 e. The van der Waals surface area contributed by atoms with Crippen LogP contribution < -0.4 is 19.5 Å². The van der Waals surface area contributed by atoms with Crippen LogP contribution in [0.2, 0.25) is 0 Å². The van der Waals surface area contributed by atoms with Gasteiger partial charge in [0.25, 0.3) is 0 Å². The molecule has 0 aliphatic carbocycles. The number of nitrogens with zero attached hydrogens (tertiary/aromatic N) is 4. The fraction of sp³-hybridized carbons (Fsp3) is 0.609. The van der Waals surface area contributed by atoms with Gasteiger partial charge in [-0.1, -0.05) is 0 Å². The molecule has 4 rings (SSSR count). The van der Waals surface area contributed by atoms with Gasteiger partial charge in [-0.2, -0.15) is 0 Å². The molecule has 2 aliphatic rings. The molecule has 33 heavy (non-hydrogen) atoms. The minimum absolute atomic E-state index is 0.0309. The molecule has 1 atom stereocenters. The molecule has 0 bridgehead atoms. The van der Waals surface area contributed by atoms with Gasteiger partial charge in [0.1, 0.15) is 35.0 Å². The molecular formula is C23H33N5O5. The first-order chi connectivity index (χ1) is 16.1. The minimum atomic E-state index is -0.305. The molecule has 1 saturated heterocycles. The summed E-state index contributed by atoms with van der Waals surface area (Å²) in [5, 5.41) is 11.7. The summed E-state index contributed by atoms with van der Waals surface area (Å²) in [5.74, 6) is 4.04. The largest absolute Gasteiger partial charge is 0.496 e. The highest BCUT2D eigenvalue weighted by Gasteiger charge is 2.24. The van der Waals surface area contributed by atoms with Crippen LogP contribution in [0.25, 0.3) is 0 Å². The molecule has 1 unspecified atom stereocenters. The number of hydrogen-bond acceptors (Lipinski definition) is 8. The Labute approximate surface area is 194 Å². The highest BCUT2D eigenvalue weighted by atomic mass is 16.5. The number of rotatable bonds is 9. The lowest BCUT2D eigenvalue weighted by Gasteiger charge is -2.23. The standard InChI is InChI=1S/C23H33N5O5/c1-30-16-13-19(31-2)17(20(14-16)32-3)15-27-9-7-22-26-25-21(28(22)11-10-27)6-8-24-23(29)18-5-4-12-33-18/h13-14,18H,4-12,15H2,1-3H3,(H,24,29). The van der Waals surface area contributed by atoms with Gasteiger partial charge in [0.15, 0.2) is 0 Å². The number of carbonyl (C=O) groups is 1. The van der Waals surface area contributed by atoms with E-state index in [9.17, 15) is 4.79 Å². The smallest absolute Gasteiger partial charge is 0.249 e. The van der Waals surface area contributed by atoms with Crippen LogP contribution in [0.4, 0.5) is 0 Å². The van der Waals surface area contributed by atoms with Gasteiger partial charge >= 0.3 is 0 Å². The molecular weight excluding hydrogens is 426 g/mol. The quantitative estimate of drug-likeness (QED) is 0.597. The summed E-state index contributed by atoms with van der Waals surface area (Å²) in [6.07, 6.45) is 2.88. The van der Waals surface area contributed by atoms with E-state index in [1.807, 2.05) is 12.1 Å². The van der Waals surface area contributed by atoms with E-state index >= 15 is 0 Å². The van der Waals surface area contributed by atoms with Crippen LogP contribution in [-0.2, 0) is 35.5 Å². The predicted molar refractivity (Wildman–Crippen MR) is 121 cm³/mol. The average Bonchev–Trinajstić information content (AvgIpc) is 3.47. The summed E-state index contributed by atoms with van der Waals surface area (Å²) in [5.41, 5.74) is 0.996. The first-order valence-corrected chi connectivity index (χ1v) is 11.4. The Morgan fingerprint density at radius 3 is 2.58 bits per heavy atom. The highest BCUT2D eigenvalue weighted by Crippen LogP contribution is 2.35. The second-order valence-electron chi connectivity index (χ2n) is 8.26. The van der Waals surface area contributed by atoms with Crippen molar-refractivity contribution in [1.29, 1.82) is 0 Å². The number of aromatic nitrogens is 3. The van der Waals surface area contributed by atoms with E-state index in [1.54, 1.807) is 21.3 Å².